The first-order chi connectivity index (χ1) is 11.4. The lowest BCUT2D eigenvalue weighted by Crippen LogP contribution is -2.37. The molecule has 1 atom stereocenters. The number of aryl methyl sites for hydroxylation is 1. The first-order valence-corrected chi connectivity index (χ1v) is 7.31. The summed E-state index contributed by atoms with van der Waals surface area (Å²) in [6.07, 6.45) is -1.07. The fourth-order valence-corrected chi connectivity index (χ4v) is 2.07. The summed E-state index contributed by atoms with van der Waals surface area (Å²) in [6.45, 7) is 1.53. The number of carbonyl (C=O) groups is 2. The number of nitriles is 1. The second-order valence-electron chi connectivity index (χ2n) is 4.93. The van der Waals surface area contributed by atoms with Crippen molar-refractivity contribution in [3.63, 3.8) is 0 Å². The van der Waals surface area contributed by atoms with Crippen molar-refractivity contribution in [3.05, 3.63) is 52.4 Å². The average molecular weight is 348 g/mol. The largest absolute Gasteiger partial charge is 0.464 e. The lowest BCUT2D eigenvalue weighted by molar-refractivity contribution is -0.136. The molecule has 8 heteroatoms. The van der Waals surface area contributed by atoms with Crippen molar-refractivity contribution in [1.82, 2.24) is 5.32 Å². The van der Waals surface area contributed by atoms with Gasteiger partial charge in [0.15, 0.2) is 0 Å². The molecule has 24 heavy (non-hydrogen) atoms. The van der Waals surface area contributed by atoms with Crippen molar-refractivity contribution < 1.29 is 19.1 Å². The summed E-state index contributed by atoms with van der Waals surface area (Å²) >= 11 is 5.80. The van der Waals surface area contributed by atoms with Gasteiger partial charge in [0.1, 0.15) is 23.7 Å². The van der Waals surface area contributed by atoms with E-state index < -0.39 is 17.9 Å². The van der Waals surface area contributed by atoms with Crippen LogP contribution in [-0.2, 0) is 9.59 Å². The molecular formula is C16H14ClN3O4. The Morgan fingerprint density at radius 1 is 1.33 bits per heavy atom. The lowest BCUT2D eigenvalue weighted by Gasteiger charge is -2.10. The SMILES string of the molecule is Cc1ccc(C(O)CNC(=O)C(=O)Nc2cc(Cl)ccc2C#N)o1. The molecule has 0 bridgehead atoms. The fraction of sp³-hybridized carbons (Fsp3) is 0.188. The zero-order valence-electron chi connectivity index (χ0n) is 12.7. The van der Waals surface area contributed by atoms with Gasteiger partial charge in [0.25, 0.3) is 0 Å². The Bertz CT molecular complexity index is 810. The molecule has 0 fully saturated rings. The van der Waals surface area contributed by atoms with Crippen LogP contribution in [0.1, 0.15) is 23.2 Å². The summed E-state index contributed by atoms with van der Waals surface area (Å²) in [4.78, 5) is 23.7. The highest BCUT2D eigenvalue weighted by atomic mass is 35.5. The standard InChI is InChI=1S/C16H14ClN3O4/c1-9-2-5-14(24-9)13(21)8-19-15(22)16(23)20-12-6-11(17)4-3-10(12)7-18/h2-6,13,21H,8H2,1H3,(H,19,22)(H,20,23). The number of nitrogens with zero attached hydrogens (tertiary/aromatic N) is 1. The molecule has 2 aromatic rings. The number of furan rings is 1. The maximum atomic E-state index is 11.9. The molecule has 1 unspecified atom stereocenters. The van der Waals surface area contributed by atoms with Gasteiger partial charge in [-0.3, -0.25) is 9.59 Å². The average Bonchev–Trinajstić information content (AvgIpc) is 2.99. The van der Waals surface area contributed by atoms with Crippen molar-refractivity contribution >= 4 is 29.1 Å². The molecule has 0 saturated carbocycles. The second-order valence-corrected chi connectivity index (χ2v) is 5.37. The number of carbonyl (C=O) groups excluding carboxylic acids is 2. The Kier molecular flexibility index (Phi) is 5.58. The Hall–Kier alpha value is -2.82. The van der Waals surface area contributed by atoms with E-state index in [1.807, 2.05) is 6.07 Å². The van der Waals surface area contributed by atoms with Crippen LogP contribution in [0.2, 0.25) is 5.02 Å². The van der Waals surface area contributed by atoms with Gasteiger partial charge in [-0.1, -0.05) is 11.6 Å². The van der Waals surface area contributed by atoms with Gasteiger partial charge in [0, 0.05) is 5.02 Å². The first-order valence-electron chi connectivity index (χ1n) is 6.94. The van der Waals surface area contributed by atoms with Crippen LogP contribution in [-0.4, -0.2) is 23.5 Å². The van der Waals surface area contributed by atoms with Crippen LogP contribution in [0.3, 0.4) is 0 Å². The molecule has 124 valence electrons. The van der Waals surface area contributed by atoms with Crippen molar-refractivity contribution in [2.75, 3.05) is 11.9 Å². The third kappa shape index (κ3) is 4.35. The summed E-state index contributed by atoms with van der Waals surface area (Å²) in [5, 5.41) is 23.8. The maximum absolute atomic E-state index is 11.9. The van der Waals surface area contributed by atoms with Crippen molar-refractivity contribution in [3.8, 4) is 6.07 Å². The van der Waals surface area contributed by atoms with E-state index in [9.17, 15) is 14.7 Å². The molecule has 1 heterocycles. The second kappa shape index (κ2) is 7.64. The van der Waals surface area contributed by atoms with Gasteiger partial charge in [-0.25, -0.2) is 0 Å². The molecule has 2 rings (SSSR count). The van der Waals surface area contributed by atoms with Crippen LogP contribution in [0.5, 0.6) is 0 Å². The molecule has 0 spiro atoms. The normalized spacial score (nSPS) is 11.4. The number of amides is 2. The molecule has 1 aromatic heterocycles. The van der Waals surface area contributed by atoms with Gasteiger partial charge in [0.05, 0.1) is 17.8 Å². The molecule has 0 aliphatic rings. The molecule has 3 N–H and O–H groups in total. The molecule has 0 radical (unpaired) electrons. The summed E-state index contributed by atoms with van der Waals surface area (Å²) in [5.74, 6) is -1.02. The number of halogens is 1. The van der Waals surface area contributed by atoms with Crippen LogP contribution in [0.15, 0.2) is 34.7 Å². The Morgan fingerprint density at radius 3 is 2.71 bits per heavy atom. The van der Waals surface area contributed by atoms with Crippen LogP contribution in [0.4, 0.5) is 5.69 Å². The monoisotopic (exact) mass is 347 g/mol. The minimum absolute atomic E-state index is 0.132. The summed E-state index contributed by atoms with van der Waals surface area (Å²) in [7, 11) is 0. The molecule has 0 aliphatic carbocycles. The number of anilines is 1. The third-order valence-corrected chi connectivity index (χ3v) is 3.34. The van der Waals surface area contributed by atoms with Gasteiger partial charge in [-0.2, -0.15) is 5.26 Å². The Balaban J connectivity index is 1.94. The molecule has 2 amide bonds. The Morgan fingerprint density at radius 2 is 2.08 bits per heavy atom. The smallest absolute Gasteiger partial charge is 0.313 e. The van der Waals surface area contributed by atoms with Crippen LogP contribution in [0, 0.1) is 18.3 Å². The van der Waals surface area contributed by atoms with E-state index in [-0.39, 0.29) is 23.6 Å². The number of benzene rings is 1. The lowest BCUT2D eigenvalue weighted by atomic mass is 10.2. The summed E-state index contributed by atoms with van der Waals surface area (Å²) in [5.41, 5.74) is 0.305. The van der Waals surface area contributed by atoms with Crippen LogP contribution >= 0.6 is 11.6 Å². The van der Waals surface area contributed by atoms with E-state index in [0.29, 0.717) is 10.8 Å². The third-order valence-electron chi connectivity index (χ3n) is 3.10. The van der Waals surface area contributed by atoms with E-state index in [0.717, 1.165) is 0 Å². The van der Waals surface area contributed by atoms with E-state index >= 15 is 0 Å². The van der Waals surface area contributed by atoms with Gasteiger partial charge in [-0.15, -0.1) is 0 Å². The Labute approximate surface area is 142 Å². The molecule has 0 saturated heterocycles. The van der Waals surface area contributed by atoms with Gasteiger partial charge >= 0.3 is 11.8 Å². The zero-order chi connectivity index (χ0) is 17.7. The minimum Gasteiger partial charge on any atom is -0.464 e. The molecular weight excluding hydrogens is 334 g/mol. The molecule has 7 nitrogen and oxygen atoms in total. The van der Waals surface area contributed by atoms with Gasteiger partial charge in [0.2, 0.25) is 0 Å². The maximum Gasteiger partial charge on any atom is 0.313 e. The van der Waals surface area contributed by atoms with Crippen molar-refractivity contribution in [2.45, 2.75) is 13.0 Å². The molecule has 0 aliphatic heterocycles. The predicted octanol–water partition coefficient (Wildman–Crippen LogP) is 1.90. The van der Waals surface area contributed by atoms with Crippen molar-refractivity contribution in [2.24, 2.45) is 0 Å². The quantitative estimate of drug-likeness (QED) is 0.730. The van der Waals surface area contributed by atoms with E-state index in [4.69, 9.17) is 21.3 Å². The number of nitrogens with one attached hydrogen (secondary N) is 2. The van der Waals surface area contributed by atoms with Crippen LogP contribution < -0.4 is 10.6 Å². The summed E-state index contributed by atoms with van der Waals surface area (Å²) in [6, 6.07) is 9.43. The van der Waals surface area contributed by atoms with E-state index in [2.05, 4.69) is 10.6 Å². The summed E-state index contributed by atoms with van der Waals surface area (Å²) < 4.78 is 5.22. The number of hydrogen-bond donors (Lipinski definition) is 3. The minimum atomic E-state index is -1.07. The van der Waals surface area contributed by atoms with Gasteiger partial charge in [-0.05, 0) is 37.3 Å². The first kappa shape index (κ1) is 17.5. The highest BCUT2D eigenvalue weighted by molar-refractivity contribution is 6.40. The number of aliphatic hydroxyl groups is 1. The van der Waals surface area contributed by atoms with E-state index in [1.165, 1.54) is 18.2 Å². The topological polar surface area (TPSA) is 115 Å². The van der Waals surface area contributed by atoms with Crippen molar-refractivity contribution in [1.29, 1.82) is 5.26 Å². The highest BCUT2D eigenvalue weighted by Gasteiger charge is 2.18. The van der Waals surface area contributed by atoms with Crippen LogP contribution in [0.25, 0.3) is 0 Å². The zero-order valence-corrected chi connectivity index (χ0v) is 13.4. The number of hydrogen-bond acceptors (Lipinski definition) is 5. The number of rotatable bonds is 4. The fourth-order valence-electron chi connectivity index (χ4n) is 1.90. The predicted molar refractivity (Wildman–Crippen MR) is 86.2 cm³/mol. The highest BCUT2D eigenvalue weighted by Crippen LogP contribution is 2.20. The van der Waals surface area contributed by atoms with E-state index in [1.54, 1.807) is 19.1 Å². The molecule has 1 aromatic carbocycles. The van der Waals surface area contributed by atoms with Gasteiger partial charge < -0.3 is 20.2 Å². The number of aliphatic hydroxyl groups excluding tert-OH is 1.